The van der Waals surface area contributed by atoms with Crippen molar-refractivity contribution >= 4 is 10.2 Å². The maximum Gasteiger partial charge on any atom is 0.279 e. The fraction of sp³-hybridized carbons (Fsp3) is 1.00. The van der Waals surface area contributed by atoms with Gasteiger partial charge in [-0.2, -0.15) is 17.4 Å². The molecule has 0 aliphatic heterocycles. The quantitative estimate of drug-likeness (QED) is 0.530. The predicted molar refractivity (Wildman–Crippen MR) is 80.5 cm³/mol. The van der Waals surface area contributed by atoms with E-state index in [0.717, 1.165) is 25.9 Å². The summed E-state index contributed by atoms with van der Waals surface area (Å²) in [6, 6.07) is -0.0966. The molecule has 1 atom stereocenters. The molecule has 0 aliphatic rings. The number of likely N-dealkylation sites (N-methyl/N-ethyl adjacent to an activating group) is 1. The average molecular weight is 294 g/mol. The van der Waals surface area contributed by atoms with Gasteiger partial charge in [0, 0.05) is 26.2 Å². The maximum absolute atomic E-state index is 12.0. The first-order chi connectivity index (χ1) is 8.79. The summed E-state index contributed by atoms with van der Waals surface area (Å²) in [5, 5.41) is 3.26. The van der Waals surface area contributed by atoms with Gasteiger partial charge in [-0.3, -0.25) is 0 Å². The highest BCUT2D eigenvalue weighted by atomic mass is 32.2. The van der Waals surface area contributed by atoms with Crippen molar-refractivity contribution < 1.29 is 8.42 Å². The van der Waals surface area contributed by atoms with Crippen molar-refractivity contribution in [2.75, 3.05) is 47.3 Å². The summed E-state index contributed by atoms with van der Waals surface area (Å²) in [6.07, 6.45) is 1.91. The molecule has 0 aromatic heterocycles. The van der Waals surface area contributed by atoms with Gasteiger partial charge < -0.3 is 10.2 Å². The Hall–Kier alpha value is -0.210. The molecular formula is C12H30N4O2S. The van der Waals surface area contributed by atoms with Crippen LogP contribution in [0.1, 0.15) is 26.7 Å². The molecule has 0 spiro atoms. The zero-order valence-corrected chi connectivity index (χ0v) is 13.8. The van der Waals surface area contributed by atoms with Crippen LogP contribution >= 0.6 is 0 Å². The lowest BCUT2D eigenvalue weighted by Crippen LogP contribution is -2.46. The van der Waals surface area contributed by atoms with Crippen LogP contribution in [0.4, 0.5) is 0 Å². The minimum atomic E-state index is -3.37. The van der Waals surface area contributed by atoms with Crippen LogP contribution in [-0.2, 0) is 10.2 Å². The second-order valence-electron chi connectivity index (χ2n) is 5.21. The normalized spacial score (nSPS) is 14.3. The van der Waals surface area contributed by atoms with Crippen molar-refractivity contribution in [2.45, 2.75) is 32.7 Å². The first-order valence-corrected chi connectivity index (χ1v) is 8.32. The molecule has 0 aromatic rings. The lowest BCUT2D eigenvalue weighted by molar-refractivity contribution is 0.362. The molecule has 1 unspecified atom stereocenters. The molecule has 7 heteroatoms. The molecule has 0 amide bonds. The van der Waals surface area contributed by atoms with Gasteiger partial charge in [0.15, 0.2) is 0 Å². The van der Waals surface area contributed by atoms with Gasteiger partial charge in [0.2, 0.25) is 0 Å². The lowest BCUT2D eigenvalue weighted by atomic mass is 10.3. The van der Waals surface area contributed by atoms with Crippen LogP contribution in [0.3, 0.4) is 0 Å². The Bertz CT molecular complexity index is 320. The van der Waals surface area contributed by atoms with E-state index in [2.05, 4.69) is 17.0 Å². The van der Waals surface area contributed by atoms with Crippen molar-refractivity contribution in [1.82, 2.24) is 19.2 Å². The summed E-state index contributed by atoms with van der Waals surface area (Å²) in [5.41, 5.74) is 0. The number of hydrogen-bond donors (Lipinski definition) is 2. The fourth-order valence-corrected chi connectivity index (χ4v) is 2.91. The molecule has 116 valence electrons. The van der Waals surface area contributed by atoms with Gasteiger partial charge >= 0.3 is 0 Å². The largest absolute Gasteiger partial charge is 0.317 e. The molecule has 0 radical (unpaired) electrons. The van der Waals surface area contributed by atoms with E-state index in [1.165, 1.54) is 4.31 Å². The summed E-state index contributed by atoms with van der Waals surface area (Å²) in [6.45, 7) is 7.02. The Labute approximate surface area is 118 Å². The topological polar surface area (TPSA) is 64.7 Å². The minimum Gasteiger partial charge on any atom is -0.317 e. The second-order valence-corrected chi connectivity index (χ2v) is 7.02. The van der Waals surface area contributed by atoms with E-state index in [0.29, 0.717) is 13.1 Å². The highest BCUT2D eigenvalue weighted by Crippen LogP contribution is 1.98. The molecule has 0 aliphatic carbocycles. The van der Waals surface area contributed by atoms with Gasteiger partial charge in [-0.1, -0.05) is 6.92 Å². The van der Waals surface area contributed by atoms with Gasteiger partial charge in [-0.05, 0) is 47.0 Å². The van der Waals surface area contributed by atoms with Crippen LogP contribution in [0.25, 0.3) is 0 Å². The lowest BCUT2D eigenvalue weighted by Gasteiger charge is -2.23. The van der Waals surface area contributed by atoms with Crippen LogP contribution in [0.15, 0.2) is 0 Å². The van der Waals surface area contributed by atoms with E-state index < -0.39 is 10.2 Å². The third-order valence-electron chi connectivity index (χ3n) is 2.65. The molecule has 2 N–H and O–H groups in total. The molecule has 0 bridgehead atoms. The van der Waals surface area contributed by atoms with E-state index in [9.17, 15) is 8.42 Å². The van der Waals surface area contributed by atoms with Crippen LogP contribution in [0, 0.1) is 0 Å². The fourth-order valence-electron chi connectivity index (χ4n) is 1.78. The number of hydrogen-bond acceptors (Lipinski definition) is 4. The highest BCUT2D eigenvalue weighted by Gasteiger charge is 2.19. The van der Waals surface area contributed by atoms with Gasteiger partial charge in [-0.15, -0.1) is 0 Å². The molecule has 0 fully saturated rings. The van der Waals surface area contributed by atoms with Crippen molar-refractivity contribution in [1.29, 1.82) is 0 Å². The minimum absolute atomic E-state index is 0.0966. The summed E-state index contributed by atoms with van der Waals surface area (Å²) < 4.78 is 28.1. The molecule has 0 rings (SSSR count). The van der Waals surface area contributed by atoms with Gasteiger partial charge in [0.1, 0.15) is 0 Å². The second kappa shape index (κ2) is 9.66. The summed E-state index contributed by atoms with van der Waals surface area (Å²) >= 11 is 0. The van der Waals surface area contributed by atoms with Crippen molar-refractivity contribution in [3.05, 3.63) is 0 Å². The van der Waals surface area contributed by atoms with Gasteiger partial charge in [0.05, 0.1) is 0 Å². The van der Waals surface area contributed by atoms with E-state index in [1.54, 1.807) is 7.05 Å². The zero-order valence-electron chi connectivity index (χ0n) is 12.9. The monoisotopic (exact) mass is 294 g/mol. The van der Waals surface area contributed by atoms with Crippen LogP contribution in [-0.4, -0.2) is 71.0 Å². The smallest absolute Gasteiger partial charge is 0.279 e. The molecule has 19 heavy (non-hydrogen) atoms. The summed E-state index contributed by atoms with van der Waals surface area (Å²) in [4.78, 5) is 1.96. The molecule has 6 nitrogen and oxygen atoms in total. The van der Waals surface area contributed by atoms with Gasteiger partial charge in [-0.25, -0.2) is 0 Å². The average Bonchev–Trinajstić information content (AvgIpc) is 2.26. The zero-order chi connectivity index (χ0) is 14.9. The Morgan fingerprint density at radius 2 is 1.79 bits per heavy atom. The van der Waals surface area contributed by atoms with E-state index >= 15 is 0 Å². The summed E-state index contributed by atoms with van der Waals surface area (Å²) in [5.74, 6) is 0. The standard InChI is InChI=1S/C12H30N4O2S/c1-6-8-13-9-7-10-16(5)19(17,18)14-12(2)11-15(3)4/h12-14H,6-11H2,1-5H3. The molecular weight excluding hydrogens is 264 g/mol. The first-order valence-electron chi connectivity index (χ1n) is 6.88. The van der Waals surface area contributed by atoms with Crippen molar-refractivity contribution in [3.8, 4) is 0 Å². The van der Waals surface area contributed by atoms with Gasteiger partial charge in [0.25, 0.3) is 10.2 Å². The first kappa shape index (κ1) is 18.8. The molecule has 0 saturated carbocycles. The molecule has 0 aromatic carbocycles. The Balaban J connectivity index is 4.03. The van der Waals surface area contributed by atoms with Crippen LogP contribution in [0.2, 0.25) is 0 Å². The molecule has 0 heterocycles. The number of nitrogens with zero attached hydrogens (tertiary/aromatic N) is 2. The van der Waals surface area contributed by atoms with Crippen molar-refractivity contribution in [3.63, 3.8) is 0 Å². The number of nitrogens with one attached hydrogen (secondary N) is 2. The highest BCUT2D eigenvalue weighted by molar-refractivity contribution is 7.87. The SMILES string of the molecule is CCCNCCCN(C)S(=O)(=O)NC(C)CN(C)C. The van der Waals surface area contributed by atoms with Crippen LogP contribution < -0.4 is 10.0 Å². The van der Waals surface area contributed by atoms with Crippen LogP contribution in [0.5, 0.6) is 0 Å². The van der Waals surface area contributed by atoms with E-state index in [4.69, 9.17) is 0 Å². The van der Waals surface area contributed by atoms with Crippen molar-refractivity contribution in [2.24, 2.45) is 0 Å². The Morgan fingerprint density at radius 3 is 2.32 bits per heavy atom. The Morgan fingerprint density at radius 1 is 1.16 bits per heavy atom. The third-order valence-corrected chi connectivity index (χ3v) is 4.36. The third kappa shape index (κ3) is 9.34. The number of rotatable bonds is 11. The maximum atomic E-state index is 12.0. The van der Waals surface area contributed by atoms with E-state index in [-0.39, 0.29) is 6.04 Å². The Kier molecular flexibility index (Phi) is 9.55. The predicted octanol–water partition coefficient (Wildman–Crippen LogP) is 0.0924. The van der Waals surface area contributed by atoms with E-state index in [1.807, 2.05) is 25.9 Å². The molecule has 0 saturated heterocycles. The summed E-state index contributed by atoms with van der Waals surface area (Å²) in [7, 11) is 2.10.